The Bertz CT molecular complexity index is 203. The highest BCUT2D eigenvalue weighted by molar-refractivity contribution is 7.12. The van der Waals surface area contributed by atoms with E-state index in [1.54, 1.807) is 18.3 Å². The number of hydrogen-bond donors (Lipinski definition) is 1. The summed E-state index contributed by atoms with van der Waals surface area (Å²) in [5, 5.41) is 13.3. The van der Waals surface area contributed by atoms with E-state index < -0.39 is 0 Å². The highest BCUT2D eigenvalue weighted by atomic mass is 32.1. The van der Waals surface area contributed by atoms with Gasteiger partial charge in [-0.25, -0.2) is 0 Å². The molecular weight excluding hydrogens is 134 g/mol. The van der Waals surface area contributed by atoms with Crippen LogP contribution >= 0.6 is 11.3 Å². The number of rotatable bonds is 1. The van der Waals surface area contributed by atoms with Crippen LogP contribution in [0.25, 0.3) is 0 Å². The molecule has 48 valence electrons. The molecule has 0 aliphatic rings. The lowest BCUT2D eigenvalue weighted by Gasteiger charge is -1.87. The van der Waals surface area contributed by atoms with E-state index in [-0.39, 0.29) is 0 Å². The van der Waals surface area contributed by atoms with E-state index in [2.05, 4.69) is 5.16 Å². The molecule has 0 amide bonds. The molecule has 3 heteroatoms. The van der Waals surface area contributed by atoms with Gasteiger partial charge in [-0.2, -0.15) is 0 Å². The second-order valence-electron chi connectivity index (χ2n) is 1.66. The average molecular weight is 141 g/mol. The van der Waals surface area contributed by atoms with Gasteiger partial charge in [-0.15, -0.1) is 11.3 Å². The zero-order valence-corrected chi connectivity index (χ0v) is 5.85. The van der Waals surface area contributed by atoms with E-state index in [0.29, 0.717) is 5.71 Å². The van der Waals surface area contributed by atoms with Crippen LogP contribution in [0.2, 0.25) is 0 Å². The molecule has 9 heavy (non-hydrogen) atoms. The van der Waals surface area contributed by atoms with Crippen LogP contribution in [0.4, 0.5) is 0 Å². The maximum atomic E-state index is 8.30. The van der Waals surface area contributed by atoms with Crippen LogP contribution in [0.3, 0.4) is 0 Å². The van der Waals surface area contributed by atoms with E-state index in [0.717, 1.165) is 4.88 Å². The Labute approximate surface area is 57.4 Å². The molecule has 1 heterocycles. The van der Waals surface area contributed by atoms with E-state index in [1.807, 2.05) is 17.5 Å². The SMILES string of the molecule is C/C(=N/O)c1cccs1. The maximum Gasteiger partial charge on any atom is 0.0936 e. The minimum atomic E-state index is 0.671. The first kappa shape index (κ1) is 6.29. The Morgan fingerprint density at radius 1 is 1.78 bits per heavy atom. The smallest absolute Gasteiger partial charge is 0.0936 e. The molecule has 0 bridgehead atoms. The number of oxime groups is 1. The lowest BCUT2D eigenvalue weighted by Crippen LogP contribution is -1.87. The van der Waals surface area contributed by atoms with Gasteiger partial charge in [0.1, 0.15) is 0 Å². The van der Waals surface area contributed by atoms with Crippen molar-refractivity contribution in [2.75, 3.05) is 0 Å². The van der Waals surface area contributed by atoms with Crippen LogP contribution in [0.5, 0.6) is 0 Å². The topological polar surface area (TPSA) is 32.6 Å². The first-order valence-corrected chi connectivity index (χ1v) is 3.45. The molecule has 0 saturated heterocycles. The third-order valence-corrected chi connectivity index (χ3v) is 2.01. The molecule has 0 radical (unpaired) electrons. The van der Waals surface area contributed by atoms with Crippen molar-refractivity contribution in [3.63, 3.8) is 0 Å². The minimum Gasteiger partial charge on any atom is -0.411 e. The lowest BCUT2D eigenvalue weighted by atomic mass is 10.3. The van der Waals surface area contributed by atoms with Crippen molar-refractivity contribution in [1.29, 1.82) is 0 Å². The molecule has 0 saturated carbocycles. The highest BCUT2D eigenvalue weighted by Gasteiger charge is 1.95. The monoisotopic (exact) mass is 141 g/mol. The Morgan fingerprint density at radius 3 is 3.00 bits per heavy atom. The van der Waals surface area contributed by atoms with Gasteiger partial charge in [-0.1, -0.05) is 11.2 Å². The summed E-state index contributed by atoms with van der Waals surface area (Å²) in [5.41, 5.74) is 0.671. The van der Waals surface area contributed by atoms with Crippen molar-refractivity contribution in [3.05, 3.63) is 22.4 Å². The molecule has 0 atom stereocenters. The third kappa shape index (κ3) is 1.29. The fourth-order valence-corrected chi connectivity index (χ4v) is 1.21. The zero-order chi connectivity index (χ0) is 6.69. The van der Waals surface area contributed by atoms with Gasteiger partial charge in [0.25, 0.3) is 0 Å². The van der Waals surface area contributed by atoms with Crippen molar-refractivity contribution >= 4 is 17.0 Å². The van der Waals surface area contributed by atoms with Crippen LogP contribution in [0, 0.1) is 0 Å². The Balaban J connectivity index is 2.90. The van der Waals surface area contributed by atoms with E-state index in [9.17, 15) is 0 Å². The van der Waals surface area contributed by atoms with Gasteiger partial charge in [0.15, 0.2) is 0 Å². The van der Waals surface area contributed by atoms with Crippen LogP contribution in [0.15, 0.2) is 22.7 Å². The average Bonchev–Trinajstić information content (AvgIpc) is 2.37. The van der Waals surface area contributed by atoms with Gasteiger partial charge in [-0.3, -0.25) is 0 Å². The first-order valence-electron chi connectivity index (χ1n) is 2.57. The third-order valence-electron chi connectivity index (χ3n) is 1.03. The van der Waals surface area contributed by atoms with E-state index >= 15 is 0 Å². The van der Waals surface area contributed by atoms with Crippen molar-refractivity contribution in [2.45, 2.75) is 6.92 Å². The van der Waals surface area contributed by atoms with Crippen molar-refractivity contribution in [2.24, 2.45) is 5.16 Å². The molecule has 0 aromatic carbocycles. The first-order chi connectivity index (χ1) is 4.34. The molecule has 0 aliphatic carbocycles. The van der Waals surface area contributed by atoms with Crippen LogP contribution < -0.4 is 0 Å². The summed E-state index contributed by atoms with van der Waals surface area (Å²) in [6.07, 6.45) is 0. The van der Waals surface area contributed by atoms with Gasteiger partial charge >= 0.3 is 0 Å². The zero-order valence-electron chi connectivity index (χ0n) is 5.03. The summed E-state index contributed by atoms with van der Waals surface area (Å²) in [4.78, 5) is 1.01. The molecule has 0 spiro atoms. The van der Waals surface area contributed by atoms with E-state index in [1.165, 1.54) is 0 Å². The summed E-state index contributed by atoms with van der Waals surface area (Å²) in [6, 6.07) is 3.84. The number of hydrogen-bond acceptors (Lipinski definition) is 3. The largest absolute Gasteiger partial charge is 0.411 e. The van der Waals surface area contributed by atoms with E-state index in [4.69, 9.17) is 5.21 Å². The van der Waals surface area contributed by atoms with Gasteiger partial charge in [0, 0.05) is 0 Å². The maximum absolute atomic E-state index is 8.30. The fourth-order valence-electron chi connectivity index (χ4n) is 0.534. The molecule has 0 unspecified atom stereocenters. The van der Waals surface area contributed by atoms with Crippen LogP contribution in [-0.2, 0) is 0 Å². The Hall–Kier alpha value is -0.830. The van der Waals surface area contributed by atoms with Crippen LogP contribution in [0.1, 0.15) is 11.8 Å². The van der Waals surface area contributed by atoms with Gasteiger partial charge < -0.3 is 5.21 Å². The van der Waals surface area contributed by atoms with Gasteiger partial charge in [-0.05, 0) is 18.4 Å². The Morgan fingerprint density at radius 2 is 2.56 bits per heavy atom. The number of thiophene rings is 1. The summed E-state index contributed by atoms with van der Waals surface area (Å²) in [6.45, 7) is 1.77. The minimum absolute atomic E-state index is 0.671. The predicted molar refractivity (Wildman–Crippen MR) is 38.3 cm³/mol. The summed E-state index contributed by atoms with van der Waals surface area (Å²) in [7, 11) is 0. The molecule has 0 aliphatic heterocycles. The molecule has 1 rings (SSSR count). The second kappa shape index (κ2) is 2.64. The second-order valence-corrected chi connectivity index (χ2v) is 2.61. The molecule has 2 nitrogen and oxygen atoms in total. The summed E-state index contributed by atoms with van der Waals surface area (Å²) < 4.78 is 0. The molecule has 1 aromatic rings. The summed E-state index contributed by atoms with van der Waals surface area (Å²) >= 11 is 1.56. The Kier molecular flexibility index (Phi) is 1.85. The molecular formula is C6H7NOS. The highest BCUT2D eigenvalue weighted by Crippen LogP contribution is 2.08. The lowest BCUT2D eigenvalue weighted by molar-refractivity contribution is 0.319. The van der Waals surface area contributed by atoms with Crippen molar-refractivity contribution < 1.29 is 5.21 Å². The molecule has 0 fully saturated rings. The van der Waals surface area contributed by atoms with Crippen molar-refractivity contribution in [3.8, 4) is 0 Å². The molecule has 1 N–H and O–H groups in total. The molecule has 1 aromatic heterocycles. The normalized spacial score (nSPS) is 11.9. The quantitative estimate of drug-likeness (QED) is 0.362. The summed E-state index contributed by atoms with van der Waals surface area (Å²) in [5.74, 6) is 0. The van der Waals surface area contributed by atoms with Crippen LogP contribution in [-0.4, -0.2) is 10.9 Å². The number of nitrogens with zero attached hydrogens (tertiary/aromatic N) is 1. The van der Waals surface area contributed by atoms with Crippen molar-refractivity contribution in [1.82, 2.24) is 0 Å². The standard InChI is InChI=1S/C6H7NOS/c1-5(7-8)6-3-2-4-9-6/h2-4,8H,1H3/b7-5-. The van der Waals surface area contributed by atoms with Gasteiger partial charge in [0.2, 0.25) is 0 Å². The predicted octanol–water partition coefficient (Wildman–Crippen LogP) is 1.95. The fraction of sp³-hybridized carbons (Fsp3) is 0.167. The van der Waals surface area contributed by atoms with Gasteiger partial charge in [0.05, 0.1) is 10.6 Å².